The molecule has 0 fully saturated rings. The van der Waals surface area contributed by atoms with Crippen LogP contribution in [0, 0.1) is 6.20 Å². The fourth-order valence-corrected chi connectivity index (χ4v) is 2.28. The first-order chi connectivity index (χ1) is 8.53. The normalized spacial score (nSPS) is 11.2. The van der Waals surface area contributed by atoms with Gasteiger partial charge in [0.1, 0.15) is 0 Å². The van der Waals surface area contributed by atoms with E-state index in [2.05, 4.69) is 21.5 Å². The Morgan fingerprint density at radius 2 is 2.22 bits per heavy atom. The Labute approximate surface area is 106 Å². The summed E-state index contributed by atoms with van der Waals surface area (Å²) >= 11 is 0. The molecule has 1 heterocycles. The van der Waals surface area contributed by atoms with Crippen LogP contribution in [0.15, 0.2) is 36.5 Å². The average Bonchev–Trinajstić information content (AvgIpc) is 2.28. The third-order valence-corrected chi connectivity index (χ3v) is 2.99. The lowest BCUT2D eigenvalue weighted by atomic mass is 10.2. The first-order valence-electron chi connectivity index (χ1n) is 5.26. The lowest BCUT2D eigenvalue weighted by molar-refractivity contribution is 0.601. The van der Waals surface area contributed by atoms with Gasteiger partial charge in [0.2, 0.25) is 5.95 Å². The summed E-state index contributed by atoms with van der Waals surface area (Å²) in [6, 6.07) is 8.74. The smallest absolute Gasteiger partial charge is 0.227 e. The molecule has 6 heteroatoms. The molecule has 0 bridgehead atoms. The van der Waals surface area contributed by atoms with Crippen LogP contribution in [0.3, 0.4) is 0 Å². The van der Waals surface area contributed by atoms with Gasteiger partial charge in [-0.2, -0.15) is 0 Å². The fourth-order valence-electron chi connectivity index (χ4n) is 1.50. The molecule has 18 heavy (non-hydrogen) atoms. The molecular formula is C12H12N3O2S. The van der Waals surface area contributed by atoms with Crippen molar-refractivity contribution in [2.45, 2.75) is 5.75 Å². The zero-order chi connectivity index (χ0) is 13.0. The molecule has 93 valence electrons. The van der Waals surface area contributed by atoms with Crippen LogP contribution in [0.2, 0.25) is 0 Å². The zero-order valence-corrected chi connectivity index (χ0v) is 10.6. The van der Waals surface area contributed by atoms with Gasteiger partial charge in [0.15, 0.2) is 9.84 Å². The van der Waals surface area contributed by atoms with E-state index in [4.69, 9.17) is 0 Å². The number of aromatic nitrogens is 2. The minimum Gasteiger partial charge on any atom is -0.324 e. The zero-order valence-electron chi connectivity index (χ0n) is 9.79. The van der Waals surface area contributed by atoms with E-state index in [9.17, 15) is 8.42 Å². The van der Waals surface area contributed by atoms with E-state index in [0.717, 1.165) is 11.3 Å². The molecule has 0 unspecified atom stereocenters. The topological polar surface area (TPSA) is 72.0 Å². The summed E-state index contributed by atoms with van der Waals surface area (Å²) in [7, 11) is -3.03. The summed E-state index contributed by atoms with van der Waals surface area (Å²) in [5.74, 6) is 0.443. The Bertz CT molecular complexity index is 627. The Balaban J connectivity index is 2.18. The predicted octanol–water partition coefficient (Wildman–Crippen LogP) is 1.56. The highest BCUT2D eigenvalue weighted by molar-refractivity contribution is 7.89. The maximum atomic E-state index is 11.2. The standard InChI is InChI=1S/C12H12N3O2S/c1-18(16,17)9-10-4-2-5-11(8-10)15-12-13-6-3-7-14-12/h2-6,8H,9H2,1H3,(H,13,14,15). The van der Waals surface area contributed by atoms with Crippen molar-refractivity contribution >= 4 is 21.5 Å². The molecule has 1 N–H and O–H groups in total. The molecular weight excluding hydrogens is 250 g/mol. The summed E-state index contributed by atoms with van der Waals surface area (Å²) in [5, 5.41) is 2.98. The van der Waals surface area contributed by atoms with E-state index in [1.54, 1.807) is 30.5 Å². The molecule has 0 amide bonds. The second-order valence-corrected chi connectivity index (χ2v) is 6.04. The first kappa shape index (κ1) is 12.5. The molecule has 0 spiro atoms. The monoisotopic (exact) mass is 262 g/mol. The molecule has 0 atom stereocenters. The quantitative estimate of drug-likeness (QED) is 0.905. The predicted molar refractivity (Wildman–Crippen MR) is 69.1 cm³/mol. The SMILES string of the molecule is CS(=O)(=O)Cc1cccc(Nc2n[c]ccn2)c1. The Kier molecular flexibility index (Phi) is 3.57. The van der Waals surface area contributed by atoms with Crippen LogP contribution in [-0.2, 0) is 15.6 Å². The van der Waals surface area contributed by atoms with Crippen LogP contribution >= 0.6 is 0 Å². The largest absolute Gasteiger partial charge is 0.324 e. The van der Waals surface area contributed by atoms with Crippen LogP contribution < -0.4 is 5.32 Å². The van der Waals surface area contributed by atoms with Gasteiger partial charge in [-0.1, -0.05) is 12.1 Å². The number of hydrogen-bond donors (Lipinski definition) is 1. The van der Waals surface area contributed by atoms with Crippen LogP contribution in [-0.4, -0.2) is 24.6 Å². The fraction of sp³-hybridized carbons (Fsp3) is 0.167. The van der Waals surface area contributed by atoms with Crippen molar-refractivity contribution in [2.75, 3.05) is 11.6 Å². The summed E-state index contributed by atoms with van der Waals surface area (Å²) in [4.78, 5) is 7.92. The second-order valence-electron chi connectivity index (χ2n) is 3.90. The summed E-state index contributed by atoms with van der Waals surface area (Å²) in [6.45, 7) is 0. The van der Waals surface area contributed by atoms with Crippen molar-refractivity contribution < 1.29 is 8.42 Å². The number of rotatable bonds is 4. The highest BCUT2D eigenvalue weighted by Gasteiger charge is 2.05. The molecule has 0 saturated heterocycles. The minimum atomic E-state index is -3.03. The third kappa shape index (κ3) is 3.81. The summed E-state index contributed by atoms with van der Waals surface area (Å²) in [6.07, 6.45) is 5.45. The molecule has 0 aliphatic carbocycles. The molecule has 0 saturated carbocycles. The Morgan fingerprint density at radius 1 is 1.39 bits per heavy atom. The van der Waals surface area contributed by atoms with E-state index in [1.165, 1.54) is 6.26 Å². The van der Waals surface area contributed by atoms with Gasteiger partial charge in [0, 0.05) is 18.1 Å². The molecule has 2 rings (SSSR count). The van der Waals surface area contributed by atoms with Crippen molar-refractivity contribution in [3.63, 3.8) is 0 Å². The van der Waals surface area contributed by atoms with Gasteiger partial charge < -0.3 is 5.32 Å². The van der Waals surface area contributed by atoms with Gasteiger partial charge in [-0.25, -0.2) is 18.4 Å². The molecule has 1 aromatic carbocycles. The van der Waals surface area contributed by atoms with Crippen molar-refractivity contribution in [2.24, 2.45) is 0 Å². The van der Waals surface area contributed by atoms with Crippen LogP contribution in [0.25, 0.3) is 0 Å². The first-order valence-corrected chi connectivity index (χ1v) is 7.32. The van der Waals surface area contributed by atoms with Crippen molar-refractivity contribution in [3.05, 3.63) is 48.3 Å². The molecule has 2 aromatic rings. The maximum absolute atomic E-state index is 11.2. The van der Waals surface area contributed by atoms with Gasteiger partial charge in [0.25, 0.3) is 0 Å². The molecule has 1 radical (unpaired) electrons. The Morgan fingerprint density at radius 3 is 2.89 bits per heavy atom. The second kappa shape index (κ2) is 5.14. The number of sulfone groups is 1. The highest BCUT2D eigenvalue weighted by Crippen LogP contribution is 2.15. The molecule has 5 nitrogen and oxygen atoms in total. The molecule has 0 aliphatic rings. The van der Waals surface area contributed by atoms with Gasteiger partial charge in [-0.05, 0) is 23.8 Å². The molecule has 1 aromatic heterocycles. The van der Waals surface area contributed by atoms with E-state index >= 15 is 0 Å². The lowest BCUT2D eigenvalue weighted by Crippen LogP contribution is -2.01. The van der Waals surface area contributed by atoms with E-state index in [1.807, 2.05) is 6.07 Å². The Hall–Kier alpha value is -1.95. The number of hydrogen-bond acceptors (Lipinski definition) is 5. The van der Waals surface area contributed by atoms with Gasteiger partial charge in [0.05, 0.1) is 11.9 Å². The van der Waals surface area contributed by atoms with Crippen molar-refractivity contribution in [1.82, 2.24) is 9.97 Å². The van der Waals surface area contributed by atoms with Crippen molar-refractivity contribution in [3.8, 4) is 0 Å². The van der Waals surface area contributed by atoms with Gasteiger partial charge in [-0.3, -0.25) is 0 Å². The van der Waals surface area contributed by atoms with Crippen LogP contribution in [0.4, 0.5) is 11.6 Å². The van der Waals surface area contributed by atoms with E-state index in [0.29, 0.717) is 5.95 Å². The number of anilines is 2. The lowest BCUT2D eigenvalue weighted by Gasteiger charge is -2.06. The van der Waals surface area contributed by atoms with Gasteiger partial charge in [-0.15, -0.1) is 0 Å². The number of nitrogens with one attached hydrogen (secondary N) is 1. The highest BCUT2D eigenvalue weighted by atomic mass is 32.2. The van der Waals surface area contributed by atoms with Gasteiger partial charge >= 0.3 is 0 Å². The molecule has 0 aliphatic heterocycles. The maximum Gasteiger partial charge on any atom is 0.227 e. The van der Waals surface area contributed by atoms with Crippen molar-refractivity contribution in [1.29, 1.82) is 0 Å². The number of benzene rings is 1. The summed E-state index contributed by atoms with van der Waals surface area (Å²) < 4.78 is 22.4. The van der Waals surface area contributed by atoms with E-state index < -0.39 is 9.84 Å². The van der Waals surface area contributed by atoms with E-state index in [-0.39, 0.29) is 5.75 Å². The summed E-state index contributed by atoms with van der Waals surface area (Å²) in [5.41, 5.74) is 1.47. The third-order valence-electron chi connectivity index (χ3n) is 2.13. The average molecular weight is 262 g/mol. The number of nitrogens with zero attached hydrogens (tertiary/aromatic N) is 2. The minimum absolute atomic E-state index is 0.0181. The van der Waals surface area contributed by atoms with Crippen LogP contribution in [0.1, 0.15) is 5.56 Å². The van der Waals surface area contributed by atoms with Crippen LogP contribution in [0.5, 0.6) is 0 Å².